The third-order valence-electron chi connectivity index (χ3n) is 3.53. The molecule has 0 heterocycles. The van der Waals surface area contributed by atoms with Gasteiger partial charge in [0.1, 0.15) is 11.5 Å². The van der Waals surface area contributed by atoms with Crippen LogP contribution in [0.4, 0.5) is 0 Å². The molecule has 2 rings (SSSR count). The molecule has 1 unspecified atom stereocenters. The van der Waals surface area contributed by atoms with Crippen LogP contribution < -0.4 is 14.8 Å². The lowest BCUT2D eigenvalue weighted by Crippen LogP contribution is -2.19. The van der Waals surface area contributed by atoms with Crippen LogP contribution >= 0.6 is 0 Å². The van der Waals surface area contributed by atoms with Crippen molar-refractivity contribution in [2.45, 2.75) is 19.4 Å². The molecule has 0 fully saturated rings. The van der Waals surface area contributed by atoms with Gasteiger partial charge in [-0.1, -0.05) is 24.3 Å². The molecule has 3 heteroatoms. The average molecular weight is 285 g/mol. The zero-order chi connectivity index (χ0) is 15.1. The van der Waals surface area contributed by atoms with E-state index >= 15 is 0 Å². The standard InChI is InChI=1S/C18H23NO2/c1-14-5-4-6-17(13-14)21-12-11-18(19-2)15-7-9-16(20-3)10-8-15/h4-10,13,18-19H,11-12H2,1-3H3. The van der Waals surface area contributed by atoms with Gasteiger partial charge >= 0.3 is 0 Å². The monoisotopic (exact) mass is 285 g/mol. The van der Waals surface area contributed by atoms with Gasteiger partial charge in [0.05, 0.1) is 13.7 Å². The Morgan fingerprint density at radius 1 is 1.05 bits per heavy atom. The average Bonchev–Trinajstić information content (AvgIpc) is 2.52. The highest BCUT2D eigenvalue weighted by Crippen LogP contribution is 2.21. The molecular weight excluding hydrogens is 262 g/mol. The van der Waals surface area contributed by atoms with Crippen molar-refractivity contribution in [2.75, 3.05) is 20.8 Å². The molecule has 0 saturated heterocycles. The quantitative estimate of drug-likeness (QED) is 0.840. The number of hydrogen-bond donors (Lipinski definition) is 1. The van der Waals surface area contributed by atoms with Crippen molar-refractivity contribution in [2.24, 2.45) is 0 Å². The second kappa shape index (κ2) is 7.70. The molecule has 2 aromatic carbocycles. The van der Waals surface area contributed by atoms with Crippen molar-refractivity contribution in [1.29, 1.82) is 0 Å². The van der Waals surface area contributed by atoms with Gasteiger partial charge < -0.3 is 14.8 Å². The SMILES string of the molecule is CNC(CCOc1cccc(C)c1)c1ccc(OC)cc1. The number of nitrogens with one attached hydrogen (secondary N) is 1. The van der Waals surface area contributed by atoms with Gasteiger partial charge in [-0.2, -0.15) is 0 Å². The van der Waals surface area contributed by atoms with E-state index in [1.807, 2.05) is 31.3 Å². The van der Waals surface area contributed by atoms with Crippen LogP contribution in [0.3, 0.4) is 0 Å². The van der Waals surface area contributed by atoms with E-state index in [2.05, 4.69) is 36.5 Å². The summed E-state index contributed by atoms with van der Waals surface area (Å²) in [5, 5.41) is 3.33. The smallest absolute Gasteiger partial charge is 0.119 e. The maximum absolute atomic E-state index is 5.82. The highest BCUT2D eigenvalue weighted by Gasteiger charge is 2.09. The summed E-state index contributed by atoms with van der Waals surface area (Å²) >= 11 is 0. The zero-order valence-corrected chi connectivity index (χ0v) is 12.9. The molecule has 0 amide bonds. The van der Waals surface area contributed by atoms with Crippen LogP contribution in [0.15, 0.2) is 48.5 Å². The molecule has 0 aliphatic carbocycles. The molecule has 0 radical (unpaired) electrons. The summed E-state index contributed by atoms with van der Waals surface area (Å²) in [6.45, 7) is 2.75. The minimum absolute atomic E-state index is 0.278. The maximum atomic E-state index is 5.82. The van der Waals surface area contributed by atoms with E-state index in [0.717, 1.165) is 17.9 Å². The summed E-state index contributed by atoms with van der Waals surface area (Å²) in [7, 11) is 3.65. The maximum Gasteiger partial charge on any atom is 0.119 e. The molecule has 1 atom stereocenters. The first-order valence-corrected chi connectivity index (χ1v) is 7.23. The Bertz CT molecular complexity index is 551. The Labute approximate surface area is 126 Å². The summed E-state index contributed by atoms with van der Waals surface area (Å²) in [6.07, 6.45) is 0.913. The van der Waals surface area contributed by atoms with Gasteiger partial charge in [0.15, 0.2) is 0 Å². The highest BCUT2D eigenvalue weighted by molar-refractivity contribution is 5.29. The summed E-state index contributed by atoms with van der Waals surface area (Å²) in [4.78, 5) is 0. The molecule has 0 saturated carbocycles. The van der Waals surface area contributed by atoms with E-state index in [1.54, 1.807) is 7.11 Å². The fourth-order valence-corrected chi connectivity index (χ4v) is 2.31. The molecule has 0 aromatic heterocycles. The van der Waals surface area contributed by atoms with Crippen LogP contribution in [0.5, 0.6) is 11.5 Å². The van der Waals surface area contributed by atoms with Crippen LogP contribution in [0.1, 0.15) is 23.6 Å². The zero-order valence-electron chi connectivity index (χ0n) is 12.9. The predicted molar refractivity (Wildman–Crippen MR) is 86.1 cm³/mol. The van der Waals surface area contributed by atoms with Crippen molar-refractivity contribution in [3.05, 3.63) is 59.7 Å². The minimum Gasteiger partial charge on any atom is -0.497 e. The number of benzene rings is 2. The Balaban J connectivity index is 1.90. The van der Waals surface area contributed by atoms with Crippen LogP contribution in [0.2, 0.25) is 0 Å². The second-order valence-corrected chi connectivity index (χ2v) is 5.07. The largest absolute Gasteiger partial charge is 0.497 e. The van der Waals surface area contributed by atoms with Gasteiger partial charge in [-0.15, -0.1) is 0 Å². The number of aryl methyl sites for hydroxylation is 1. The lowest BCUT2D eigenvalue weighted by atomic mass is 10.0. The van der Waals surface area contributed by atoms with Gasteiger partial charge in [-0.05, 0) is 49.4 Å². The van der Waals surface area contributed by atoms with E-state index in [-0.39, 0.29) is 6.04 Å². The molecule has 0 spiro atoms. The van der Waals surface area contributed by atoms with Crippen molar-refractivity contribution < 1.29 is 9.47 Å². The van der Waals surface area contributed by atoms with Crippen LogP contribution in [-0.2, 0) is 0 Å². The minimum atomic E-state index is 0.278. The Morgan fingerprint density at radius 3 is 2.43 bits per heavy atom. The van der Waals surface area contributed by atoms with Gasteiger partial charge in [-0.25, -0.2) is 0 Å². The van der Waals surface area contributed by atoms with Gasteiger partial charge in [0.2, 0.25) is 0 Å². The van der Waals surface area contributed by atoms with Crippen molar-refractivity contribution >= 4 is 0 Å². The van der Waals surface area contributed by atoms with E-state index in [0.29, 0.717) is 6.61 Å². The lowest BCUT2D eigenvalue weighted by Gasteiger charge is -2.17. The molecule has 21 heavy (non-hydrogen) atoms. The third-order valence-corrected chi connectivity index (χ3v) is 3.53. The van der Waals surface area contributed by atoms with E-state index in [4.69, 9.17) is 9.47 Å². The third kappa shape index (κ3) is 4.50. The topological polar surface area (TPSA) is 30.5 Å². The molecule has 0 aliphatic rings. The first-order chi connectivity index (χ1) is 10.2. The number of ether oxygens (including phenoxy) is 2. The van der Waals surface area contributed by atoms with Crippen molar-refractivity contribution in [3.8, 4) is 11.5 Å². The molecular formula is C18H23NO2. The van der Waals surface area contributed by atoms with Gasteiger partial charge in [0.25, 0.3) is 0 Å². The lowest BCUT2D eigenvalue weighted by molar-refractivity contribution is 0.290. The van der Waals surface area contributed by atoms with Crippen LogP contribution in [0.25, 0.3) is 0 Å². The van der Waals surface area contributed by atoms with Crippen molar-refractivity contribution in [3.63, 3.8) is 0 Å². The van der Waals surface area contributed by atoms with Crippen LogP contribution in [0, 0.1) is 6.92 Å². The molecule has 1 N–H and O–H groups in total. The van der Waals surface area contributed by atoms with Gasteiger partial charge in [0, 0.05) is 12.5 Å². The summed E-state index contributed by atoms with van der Waals surface area (Å²) < 4.78 is 11.0. The number of rotatable bonds is 7. The molecule has 0 bridgehead atoms. The summed E-state index contributed by atoms with van der Waals surface area (Å²) in [5.74, 6) is 1.81. The summed E-state index contributed by atoms with van der Waals surface area (Å²) in [6, 6.07) is 16.6. The Kier molecular flexibility index (Phi) is 5.64. The Morgan fingerprint density at radius 2 is 1.81 bits per heavy atom. The molecule has 3 nitrogen and oxygen atoms in total. The molecule has 0 aliphatic heterocycles. The predicted octanol–water partition coefficient (Wildman–Crippen LogP) is 3.73. The Hall–Kier alpha value is -2.00. The number of methoxy groups -OCH3 is 1. The van der Waals surface area contributed by atoms with Crippen molar-refractivity contribution in [1.82, 2.24) is 5.32 Å². The van der Waals surface area contributed by atoms with Crippen LogP contribution in [-0.4, -0.2) is 20.8 Å². The summed E-state index contributed by atoms with van der Waals surface area (Å²) in [5.41, 5.74) is 2.46. The first kappa shape index (κ1) is 15.4. The number of hydrogen-bond acceptors (Lipinski definition) is 3. The fourth-order valence-electron chi connectivity index (χ4n) is 2.31. The second-order valence-electron chi connectivity index (χ2n) is 5.07. The molecule has 2 aromatic rings. The van der Waals surface area contributed by atoms with E-state index in [9.17, 15) is 0 Å². The highest BCUT2D eigenvalue weighted by atomic mass is 16.5. The normalized spacial score (nSPS) is 12.0. The van der Waals surface area contributed by atoms with Gasteiger partial charge in [-0.3, -0.25) is 0 Å². The fraction of sp³-hybridized carbons (Fsp3) is 0.333. The van der Waals surface area contributed by atoms with E-state index in [1.165, 1.54) is 11.1 Å². The first-order valence-electron chi connectivity index (χ1n) is 7.23. The van der Waals surface area contributed by atoms with E-state index < -0.39 is 0 Å². The molecule has 112 valence electrons.